The highest BCUT2D eigenvalue weighted by molar-refractivity contribution is 5.93. The first-order valence-electron chi connectivity index (χ1n) is 4.54. The summed E-state index contributed by atoms with van der Waals surface area (Å²) in [5, 5.41) is 12.1. The summed E-state index contributed by atoms with van der Waals surface area (Å²) in [6.07, 6.45) is 2.29. The summed E-state index contributed by atoms with van der Waals surface area (Å²) >= 11 is 0. The van der Waals surface area contributed by atoms with Crippen molar-refractivity contribution in [1.82, 2.24) is 0 Å². The van der Waals surface area contributed by atoms with E-state index in [1.807, 2.05) is 24.3 Å². The average Bonchev–Trinajstić information content (AvgIpc) is 2.39. The van der Waals surface area contributed by atoms with Gasteiger partial charge in [-0.25, -0.2) is 4.79 Å². The molecule has 14 heavy (non-hydrogen) atoms. The van der Waals surface area contributed by atoms with E-state index in [2.05, 4.69) is 5.32 Å². The predicted molar refractivity (Wildman–Crippen MR) is 55.2 cm³/mol. The molecule has 2 N–H and O–H groups in total. The number of carboxylic acid groups (broad SMARTS) is 1. The molecule has 0 fully saturated rings. The molecule has 0 bridgehead atoms. The van der Waals surface area contributed by atoms with Crippen LogP contribution in [0.2, 0.25) is 0 Å². The molecule has 2 rings (SSSR count). The molecule has 0 amide bonds. The average molecular weight is 189 g/mol. The molecule has 0 aromatic heterocycles. The van der Waals surface area contributed by atoms with Crippen molar-refractivity contribution in [1.29, 1.82) is 0 Å². The Morgan fingerprint density at radius 1 is 1.36 bits per heavy atom. The minimum atomic E-state index is -0.830. The van der Waals surface area contributed by atoms with Gasteiger partial charge in [0, 0.05) is 17.8 Å². The van der Waals surface area contributed by atoms with Crippen LogP contribution >= 0.6 is 0 Å². The Bertz CT molecular complexity index is 396. The third kappa shape index (κ3) is 1.62. The van der Waals surface area contributed by atoms with E-state index in [1.54, 1.807) is 6.08 Å². The lowest BCUT2D eigenvalue weighted by molar-refractivity contribution is -0.132. The van der Waals surface area contributed by atoms with Crippen molar-refractivity contribution >= 4 is 17.7 Å². The summed E-state index contributed by atoms with van der Waals surface area (Å²) in [6, 6.07) is 7.71. The molecular formula is C11H11NO2. The molecule has 72 valence electrons. The Kier molecular flexibility index (Phi) is 2.23. The first-order valence-corrected chi connectivity index (χ1v) is 4.54. The van der Waals surface area contributed by atoms with E-state index in [-0.39, 0.29) is 0 Å². The maximum absolute atomic E-state index is 10.8. The summed E-state index contributed by atoms with van der Waals surface area (Å²) in [5.74, 6) is -0.830. The van der Waals surface area contributed by atoms with E-state index in [9.17, 15) is 4.79 Å². The number of nitrogens with one attached hydrogen (secondary N) is 1. The van der Waals surface area contributed by atoms with Gasteiger partial charge in [0.15, 0.2) is 0 Å². The Labute approximate surface area is 82.1 Å². The van der Waals surface area contributed by atoms with E-state index in [4.69, 9.17) is 5.11 Å². The summed E-state index contributed by atoms with van der Waals surface area (Å²) in [7, 11) is 0. The third-order valence-electron chi connectivity index (χ3n) is 2.28. The SMILES string of the molecule is O=C(O)C1=Cc2ccccc2NCC1. The lowest BCUT2D eigenvalue weighted by atomic mass is 10.1. The number of rotatable bonds is 1. The lowest BCUT2D eigenvalue weighted by Crippen LogP contribution is -2.05. The summed E-state index contributed by atoms with van der Waals surface area (Å²) in [6.45, 7) is 0.676. The van der Waals surface area contributed by atoms with Gasteiger partial charge in [-0.3, -0.25) is 0 Å². The number of anilines is 1. The van der Waals surface area contributed by atoms with Crippen molar-refractivity contribution in [3.05, 3.63) is 35.4 Å². The fourth-order valence-electron chi connectivity index (χ4n) is 1.54. The second-order valence-electron chi connectivity index (χ2n) is 3.24. The zero-order valence-corrected chi connectivity index (χ0v) is 7.66. The van der Waals surface area contributed by atoms with E-state index < -0.39 is 5.97 Å². The van der Waals surface area contributed by atoms with Crippen LogP contribution < -0.4 is 5.32 Å². The van der Waals surface area contributed by atoms with E-state index in [0.717, 1.165) is 11.3 Å². The Balaban J connectivity index is 2.44. The number of fused-ring (bicyclic) bond motifs is 1. The van der Waals surface area contributed by atoms with Gasteiger partial charge in [-0.15, -0.1) is 0 Å². The predicted octanol–water partition coefficient (Wildman–Crippen LogP) is 1.97. The van der Waals surface area contributed by atoms with Gasteiger partial charge >= 0.3 is 5.97 Å². The summed E-state index contributed by atoms with van der Waals surface area (Å²) < 4.78 is 0. The number of para-hydroxylation sites is 1. The van der Waals surface area contributed by atoms with E-state index >= 15 is 0 Å². The fraction of sp³-hybridized carbons (Fsp3) is 0.182. The molecule has 0 spiro atoms. The Hall–Kier alpha value is -1.77. The van der Waals surface area contributed by atoms with Gasteiger partial charge in [0.2, 0.25) is 0 Å². The second kappa shape index (κ2) is 3.54. The number of benzene rings is 1. The Morgan fingerprint density at radius 3 is 2.93 bits per heavy atom. The van der Waals surface area contributed by atoms with Gasteiger partial charge in [-0.05, 0) is 24.1 Å². The molecule has 1 aliphatic rings. The summed E-state index contributed by atoms with van der Waals surface area (Å²) in [5.41, 5.74) is 2.41. The maximum atomic E-state index is 10.8. The smallest absolute Gasteiger partial charge is 0.331 e. The quantitative estimate of drug-likeness (QED) is 0.710. The highest BCUT2D eigenvalue weighted by Crippen LogP contribution is 2.22. The monoisotopic (exact) mass is 189 g/mol. The third-order valence-corrected chi connectivity index (χ3v) is 2.28. The fourth-order valence-corrected chi connectivity index (χ4v) is 1.54. The van der Waals surface area contributed by atoms with Crippen LogP contribution in [-0.4, -0.2) is 17.6 Å². The molecule has 0 unspecified atom stereocenters. The number of carbonyl (C=O) groups is 1. The van der Waals surface area contributed by atoms with Crippen LogP contribution in [0.25, 0.3) is 6.08 Å². The van der Waals surface area contributed by atoms with Gasteiger partial charge < -0.3 is 10.4 Å². The van der Waals surface area contributed by atoms with Crippen molar-refractivity contribution in [2.75, 3.05) is 11.9 Å². The zero-order valence-electron chi connectivity index (χ0n) is 7.66. The maximum Gasteiger partial charge on any atom is 0.331 e. The molecule has 0 saturated carbocycles. The lowest BCUT2D eigenvalue weighted by Gasteiger charge is -2.04. The number of hydrogen-bond donors (Lipinski definition) is 2. The molecule has 0 saturated heterocycles. The minimum absolute atomic E-state index is 0.461. The van der Waals surface area contributed by atoms with Crippen molar-refractivity contribution in [3.63, 3.8) is 0 Å². The number of hydrogen-bond acceptors (Lipinski definition) is 2. The van der Waals surface area contributed by atoms with Crippen molar-refractivity contribution < 1.29 is 9.90 Å². The van der Waals surface area contributed by atoms with Gasteiger partial charge in [-0.1, -0.05) is 18.2 Å². The van der Waals surface area contributed by atoms with Crippen LogP contribution in [0.4, 0.5) is 5.69 Å². The van der Waals surface area contributed by atoms with Gasteiger partial charge in [0.05, 0.1) is 0 Å². The van der Waals surface area contributed by atoms with Crippen LogP contribution in [0, 0.1) is 0 Å². The molecule has 1 aromatic rings. The van der Waals surface area contributed by atoms with Crippen LogP contribution in [0.3, 0.4) is 0 Å². The first-order chi connectivity index (χ1) is 6.77. The van der Waals surface area contributed by atoms with Crippen LogP contribution in [0.5, 0.6) is 0 Å². The normalized spacial score (nSPS) is 14.7. The van der Waals surface area contributed by atoms with Gasteiger partial charge in [0.25, 0.3) is 0 Å². The molecular weight excluding hydrogens is 178 g/mol. The van der Waals surface area contributed by atoms with Crippen LogP contribution in [0.15, 0.2) is 29.8 Å². The molecule has 3 nitrogen and oxygen atoms in total. The van der Waals surface area contributed by atoms with E-state index in [1.165, 1.54) is 0 Å². The Morgan fingerprint density at radius 2 is 2.14 bits per heavy atom. The standard InChI is InChI=1S/C11H11NO2/c13-11(14)9-5-6-12-10-4-2-1-3-8(10)7-9/h1-4,7,12H,5-6H2,(H,13,14). The van der Waals surface area contributed by atoms with Crippen molar-refractivity contribution in [3.8, 4) is 0 Å². The molecule has 1 heterocycles. The molecule has 0 atom stereocenters. The van der Waals surface area contributed by atoms with E-state index in [0.29, 0.717) is 18.5 Å². The second-order valence-corrected chi connectivity index (χ2v) is 3.24. The first kappa shape index (κ1) is 8.81. The minimum Gasteiger partial charge on any atom is -0.478 e. The zero-order chi connectivity index (χ0) is 9.97. The van der Waals surface area contributed by atoms with Crippen molar-refractivity contribution in [2.45, 2.75) is 6.42 Å². The largest absolute Gasteiger partial charge is 0.478 e. The topological polar surface area (TPSA) is 49.3 Å². The van der Waals surface area contributed by atoms with Crippen LogP contribution in [-0.2, 0) is 4.79 Å². The van der Waals surface area contributed by atoms with Crippen LogP contribution in [0.1, 0.15) is 12.0 Å². The van der Waals surface area contributed by atoms with Gasteiger partial charge in [-0.2, -0.15) is 0 Å². The van der Waals surface area contributed by atoms with Crippen molar-refractivity contribution in [2.24, 2.45) is 0 Å². The molecule has 0 aliphatic carbocycles. The highest BCUT2D eigenvalue weighted by atomic mass is 16.4. The molecule has 0 radical (unpaired) electrons. The van der Waals surface area contributed by atoms with Gasteiger partial charge in [0.1, 0.15) is 0 Å². The summed E-state index contributed by atoms with van der Waals surface area (Å²) in [4.78, 5) is 10.8. The highest BCUT2D eigenvalue weighted by Gasteiger charge is 2.11. The molecule has 1 aromatic carbocycles. The number of carboxylic acids is 1. The molecule has 1 aliphatic heterocycles. The number of aliphatic carboxylic acids is 1. The molecule has 3 heteroatoms.